The molecule has 0 aliphatic carbocycles. The molecule has 8 heteroatoms. The van der Waals surface area contributed by atoms with Crippen LogP contribution in [0.2, 0.25) is 0 Å². The number of hydrogen-bond donors (Lipinski definition) is 0. The van der Waals surface area contributed by atoms with Crippen molar-refractivity contribution in [1.82, 2.24) is 9.88 Å². The van der Waals surface area contributed by atoms with E-state index in [2.05, 4.69) is 9.88 Å². The molecule has 144 valence electrons. The van der Waals surface area contributed by atoms with Crippen molar-refractivity contribution >= 4 is 45.0 Å². The first kappa shape index (κ1) is 20.9. The van der Waals surface area contributed by atoms with Crippen molar-refractivity contribution < 1.29 is 14.3 Å². The number of morpholine rings is 1. The Kier molecular flexibility index (Phi) is 8.09. The zero-order valence-corrected chi connectivity index (χ0v) is 16.9. The summed E-state index contributed by atoms with van der Waals surface area (Å²) in [5, 5.41) is 0.773. The number of carbonyl (C=O) groups excluding carboxylic acids is 1. The fourth-order valence-electron chi connectivity index (χ4n) is 2.88. The van der Waals surface area contributed by atoms with Gasteiger partial charge in [0.1, 0.15) is 5.75 Å². The molecular formula is C18H26ClN3O3S. The SMILES string of the molecule is CCCC(=O)N(CCN1CCOCC1)c1nc2cc(OC)ccc2s1.Cl. The molecule has 1 aliphatic heterocycles. The number of ether oxygens (including phenoxy) is 2. The predicted molar refractivity (Wildman–Crippen MR) is 108 cm³/mol. The van der Waals surface area contributed by atoms with Gasteiger partial charge < -0.3 is 9.47 Å². The number of amides is 1. The van der Waals surface area contributed by atoms with Crippen LogP contribution in [0, 0.1) is 0 Å². The number of rotatable bonds is 7. The summed E-state index contributed by atoms with van der Waals surface area (Å²) in [5.74, 6) is 0.922. The minimum atomic E-state index is 0. The number of nitrogens with zero attached hydrogens (tertiary/aromatic N) is 3. The van der Waals surface area contributed by atoms with E-state index in [1.54, 1.807) is 18.4 Å². The molecule has 2 heterocycles. The maximum absolute atomic E-state index is 12.6. The average molecular weight is 400 g/mol. The molecule has 1 aliphatic rings. The maximum Gasteiger partial charge on any atom is 0.228 e. The summed E-state index contributed by atoms with van der Waals surface area (Å²) in [6.07, 6.45) is 1.38. The lowest BCUT2D eigenvalue weighted by molar-refractivity contribution is -0.118. The molecule has 1 saturated heterocycles. The Morgan fingerprint density at radius 2 is 2.15 bits per heavy atom. The molecular weight excluding hydrogens is 374 g/mol. The van der Waals surface area contributed by atoms with Crippen molar-refractivity contribution in [3.63, 3.8) is 0 Å². The van der Waals surface area contributed by atoms with E-state index in [0.717, 1.165) is 60.4 Å². The molecule has 3 rings (SSSR count). The molecule has 1 amide bonds. The minimum absolute atomic E-state index is 0. The molecule has 6 nitrogen and oxygen atoms in total. The van der Waals surface area contributed by atoms with Gasteiger partial charge in [-0.15, -0.1) is 12.4 Å². The number of anilines is 1. The van der Waals surface area contributed by atoms with Crippen LogP contribution in [0.25, 0.3) is 10.2 Å². The zero-order valence-electron chi connectivity index (χ0n) is 15.3. The summed E-state index contributed by atoms with van der Waals surface area (Å²) >= 11 is 1.56. The quantitative estimate of drug-likeness (QED) is 0.715. The molecule has 1 aromatic heterocycles. The van der Waals surface area contributed by atoms with Gasteiger partial charge in [-0.3, -0.25) is 14.6 Å². The van der Waals surface area contributed by atoms with E-state index in [1.807, 2.05) is 30.0 Å². The number of halogens is 1. The van der Waals surface area contributed by atoms with Gasteiger partial charge in [0, 0.05) is 38.7 Å². The van der Waals surface area contributed by atoms with Crippen molar-refractivity contribution in [3.05, 3.63) is 18.2 Å². The number of hydrogen-bond acceptors (Lipinski definition) is 6. The molecule has 0 N–H and O–H groups in total. The van der Waals surface area contributed by atoms with Crippen LogP contribution in [0.1, 0.15) is 19.8 Å². The lowest BCUT2D eigenvalue weighted by Gasteiger charge is -2.29. The number of methoxy groups -OCH3 is 1. The van der Waals surface area contributed by atoms with Gasteiger partial charge in [0.15, 0.2) is 5.13 Å². The smallest absolute Gasteiger partial charge is 0.228 e. The second kappa shape index (κ2) is 10.1. The first-order chi connectivity index (χ1) is 12.2. The summed E-state index contributed by atoms with van der Waals surface area (Å²) in [4.78, 5) is 21.5. The molecule has 0 radical (unpaired) electrons. The summed E-state index contributed by atoms with van der Waals surface area (Å²) in [6, 6.07) is 5.84. The van der Waals surface area contributed by atoms with Gasteiger partial charge in [0.2, 0.25) is 5.91 Å². The summed E-state index contributed by atoms with van der Waals surface area (Å²) in [5.41, 5.74) is 0.875. The first-order valence-corrected chi connectivity index (χ1v) is 9.58. The van der Waals surface area contributed by atoms with E-state index in [9.17, 15) is 4.79 Å². The number of fused-ring (bicyclic) bond motifs is 1. The monoisotopic (exact) mass is 399 g/mol. The van der Waals surface area contributed by atoms with Gasteiger partial charge in [-0.25, -0.2) is 4.98 Å². The Morgan fingerprint density at radius 1 is 1.38 bits per heavy atom. The lowest BCUT2D eigenvalue weighted by atomic mass is 10.3. The van der Waals surface area contributed by atoms with E-state index >= 15 is 0 Å². The van der Waals surface area contributed by atoms with Gasteiger partial charge >= 0.3 is 0 Å². The molecule has 0 saturated carbocycles. The van der Waals surface area contributed by atoms with Crippen molar-refractivity contribution in [2.45, 2.75) is 19.8 Å². The Labute approximate surface area is 164 Å². The van der Waals surface area contributed by atoms with Crippen LogP contribution in [-0.2, 0) is 9.53 Å². The average Bonchev–Trinajstić information content (AvgIpc) is 3.05. The second-order valence-corrected chi connectivity index (χ2v) is 7.09. The number of carbonyl (C=O) groups is 1. The molecule has 1 aromatic carbocycles. The van der Waals surface area contributed by atoms with Gasteiger partial charge in [-0.1, -0.05) is 18.3 Å². The van der Waals surface area contributed by atoms with E-state index in [-0.39, 0.29) is 18.3 Å². The zero-order chi connectivity index (χ0) is 17.6. The topological polar surface area (TPSA) is 54.9 Å². The van der Waals surface area contributed by atoms with Crippen molar-refractivity contribution in [1.29, 1.82) is 0 Å². The van der Waals surface area contributed by atoms with E-state index < -0.39 is 0 Å². The van der Waals surface area contributed by atoms with Gasteiger partial charge in [-0.2, -0.15) is 0 Å². The van der Waals surface area contributed by atoms with Crippen LogP contribution >= 0.6 is 23.7 Å². The number of benzene rings is 1. The number of thiazole rings is 1. The van der Waals surface area contributed by atoms with Crippen LogP contribution in [0.4, 0.5) is 5.13 Å². The highest BCUT2D eigenvalue weighted by Crippen LogP contribution is 2.31. The number of aromatic nitrogens is 1. The third-order valence-electron chi connectivity index (χ3n) is 4.32. The summed E-state index contributed by atoms with van der Waals surface area (Å²) in [7, 11) is 1.65. The Balaban J connectivity index is 0.00000243. The molecule has 0 unspecified atom stereocenters. The molecule has 0 atom stereocenters. The standard InChI is InChI=1S/C18H25N3O3S.ClH/c1-3-4-17(22)21(8-7-20-9-11-24-12-10-20)18-19-15-13-14(23-2)5-6-16(15)25-18;/h5-6,13H,3-4,7-12H2,1-2H3;1H. The highest BCUT2D eigenvalue weighted by Gasteiger charge is 2.21. The summed E-state index contributed by atoms with van der Waals surface area (Å²) in [6.45, 7) is 6.92. The van der Waals surface area contributed by atoms with Crippen LogP contribution in [0.3, 0.4) is 0 Å². The predicted octanol–water partition coefficient (Wildman–Crippen LogP) is 3.19. The Morgan fingerprint density at radius 3 is 2.85 bits per heavy atom. The van der Waals surface area contributed by atoms with Crippen molar-refractivity contribution in [2.75, 3.05) is 51.4 Å². The Hall–Kier alpha value is -1.41. The third kappa shape index (κ3) is 5.07. The third-order valence-corrected chi connectivity index (χ3v) is 5.38. The largest absolute Gasteiger partial charge is 0.497 e. The van der Waals surface area contributed by atoms with Crippen LogP contribution in [0.5, 0.6) is 5.75 Å². The van der Waals surface area contributed by atoms with Crippen molar-refractivity contribution in [2.24, 2.45) is 0 Å². The summed E-state index contributed by atoms with van der Waals surface area (Å²) < 4.78 is 11.7. The fourth-order valence-corrected chi connectivity index (χ4v) is 3.87. The van der Waals surface area contributed by atoms with Crippen LogP contribution in [0.15, 0.2) is 18.2 Å². The van der Waals surface area contributed by atoms with E-state index in [0.29, 0.717) is 13.0 Å². The highest BCUT2D eigenvalue weighted by atomic mass is 35.5. The van der Waals surface area contributed by atoms with Gasteiger partial charge in [0.25, 0.3) is 0 Å². The van der Waals surface area contributed by atoms with E-state index in [4.69, 9.17) is 9.47 Å². The first-order valence-electron chi connectivity index (χ1n) is 8.76. The molecule has 0 spiro atoms. The van der Waals surface area contributed by atoms with Crippen molar-refractivity contribution in [3.8, 4) is 5.75 Å². The van der Waals surface area contributed by atoms with Gasteiger partial charge in [-0.05, 0) is 18.6 Å². The molecule has 0 bridgehead atoms. The Bertz CT molecular complexity index is 719. The maximum atomic E-state index is 12.6. The molecule has 1 fully saturated rings. The van der Waals surface area contributed by atoms with E-state index in [1.165, 1.54) is 0 Å². The minimum Gasteiger partial charge on any atom is -0.497 e. The molecule has 2 aromatic rings. The lowest BCUT2D eigenvalue weighted by Crippen LogP contribution is -2.43. The molecule has 26 heavy (non-hydrogen) atoms. The normalized spacial score (nSPS) is 14.8. The highest BCUT2D eigenvalue weighted by molar-refractivity contribution is 7.22. The van der Waals surface area contributed by atoms with Crippen LogP contribution in [-0.4, -0.2) is 62.3 Å². The van der Waals surface area contributed by atoms with Gasteiger partial charge in [0.05, 0.1) is 30.5 Å². The van der Waals surface area contributed by atoms with Crippen LogP contribution < -0.4 is 9.64 Å². The second-order valence-electron chi connectivity index (χ2n) is 6.08. The fraction of sp³-hybridized carbons (Fsp3) is 0.556.